The maximum absolute atomic E-state index is 6.15. The molecule has 2 aromatic rings. The number of benzene rings is 1. The van der Waals surface area contributed by atoms with Crippen molar-refractivity contribution >= 4 is 23.4 Å². The molecule has 0 unspecified atom stereocenters. The number of halogens is 1. The maximum Gasteiger partial charge on any atom is 0.191 e. The van der Waals surface area contributed by atoms with Gasteiger partial charge in [0.2, 0.25) is 0 Å². The summed E-state index contributed by atoms with van der Waals surface area (Å²) in [7, 11) is 1.70. The van der Waals surface area contributed by atoms with Gasteiger partial charge >= 0.3 is 0 Å². The van der Waals surface area contributed by atoms with E-state index in [1.807, 2.05) is 24.3 Å². The molecule has 0 aliphatic carbocycles. The van der Waals surface area contributed by atoms with Crippen molar-refractivity contribution in [1.82, 2.24) is 14.8 Å². The molecule has 0 aliphatic heterocycles. The van der Waals surface area contributed by atoms with Gasteiger partial charge in [-0.1, -0.05) is 49.3 Å². The Balaban J connectivity index is 2.17. The maximum atomic E-state index is 6.15. The van der Waals surface area contributed by atoms with Gasteiger partial charge in [-0.15, -0.1) is 10.2 Å². The van der Waals surface area contributed by atoms with Gasteiger partial charge in [-0.05, 0) is 25.0 Å². The summed E-state index contributed by atoms with van der Waals surface area (Å²) in [6, 6.07) is 7.81. The topological polar surface area (TPSA) is 49.2 Å². The molecule has 0 amide bonds. The standard InChI is InChI=1S/C17H24ClN3O2S/c1-4-13(5-2)21-16(19-20-17(21)24-11-10-22-3)12-23-15-9-7-6-8-14(15)18/h6-9,13H,4-5,10-12H2,1-3H3. The van der Waals surface area contributed by atoms with Crippen molar-refractivity contribution in [3.63, 3.8) is 0 Å². The first-order valence-corrected chi connectivity index (χ1v) is 9.50. The number of aromatic nitrogens is 3. The summed E-state index contributed by atoms with van der Waals surface area (Å²) in [6.45, 7) is 5.39. The van der Waals surface area contributed by atoms with Crippen LogP contribution in [-0.4, -0.2) is 34.2 Å². The van der Waals surface area contributed by atoms with E-state index < -0.39 is 0 Å². The van der Waals surface area contributed by atoms with Crippen molar-refractivity contribution in [2.75, 3.05) is 19.5 Å². The van der Waals surface area contributed by atoms with Gasteiger partial charge in [0.1, 0.15) is 12.4 Å². The van der Waals surface area contributed by atoms with Gasteiger partial charge in [0.05, 0.1) is 11.6 Å². The first-order valence-electron chi connectivity index (χ1n) is 8.14. The molecule has 0 aliphatic rings. The van der Waals surface area contributed by atoms with Gasteiger partial charge in [-0.3, -0.25) is 0 Å². The Bertz CT molecular complexity index is 632. The molecule has 0 saturated carbocycles. The summed E-state index contributed by atoms with van der Waals surface area (Å²) in [6.07, 6.45) is 2.04. The quantitative estimate of drug-likeness (QED) is 0.452. The third-order valence-corrected chi connectivity index (χ3v) is 4.97. The van der Waals surface area contributed by atoms with Crippen LogP contribution in [0, 0.1) is 0 Å². The molecule has 0 saturated heterocycles. The predicted octanol–water partition coefficient (Wildman–Crippen LogP) is 4.61. The van der Waals surface area contributed by atoms with E-state index in [0.29, 0.717) is 30.0 Å². The molecule has 1 aromatic heterocycles. The van der Waals surface area contributed by atoms with Crippen LogP contribution in [0.25, 0.3) is 0 Å². The van der Waals surface area contributed by atoms with E-state index in [0.717, 1.165) is 29.6 Å². The number of hydrogen-bond donors (Lipinski definition) is 0. The minimum Gasteiger partial charge on any atom is -0.484 e. The molecule has 0 spiro atoms. The van der Waals surface area contributed by atoms with E-state index in [2.05, 4.69) is 28.6 Å². The van der Waals surface area contributed by atoms with E-state index >= 15 is 0 Å². The van der Waals surface area contributed by atoms with Crippen LogP contribution in [0.2, 0.25) is 5.02 Å². The number of thioether (sulfide) groups is 1. The Hall–Kier alpha value is -1.24. The highest BCUT2D eigenvalue weighted by Crippen LogP contribution is 2.28. The normalized spacial score (nSPS) is 11.2. The summed E-state index contributed by atoms with van der Waals surface area (Å²) in [5.41, 5.74) is 0. The Morgan fingerprint density at radius 1 is 1.21 bits per heavy atom. The molecule has 24 heavy (non-hydrogen) atoms. The van der Waals surface area contributed by atoms with Crippen molar-refractivity contribution in [2.45, 2.75) is 44.5 Å². The number of para-hydroxylation sites is 1. The van der Waals surface area contributed by atoms with Crippen LogP contribution in [0.15, 0.2) is 29.4 Å². The fourth-order valence-corrected chi connectivity index (χ4v) is 3.56. The van der Waals surface area contributed by atoms with Crippen LogP contribution in [-0.2, 0) is 11.3 Å². The summed E-state index contributed by atoms with van der Waals surface area (Å²) in [4.78, 5) is 0. The van der Waals surface area contributed by atoms with Crippen LogP contribution in [0.1, 0.15) is 38.6 Å². The highest BCUT2D eigenvalue weighted by molar-refractivity contribution is 7.99. The summed E-state index contributed by atoms with van der Waals surface area (Å²) in [5.74, 6) is 2.33. The lowest BCUT2D eigenvalue weighted by molar-refractivity contribution is 0.218. The highest BCUT2D eigenvalue weighted by Gasteiger charge is 2.19. The largest absolute Gasteiger partial charge is 0.484 e. The van der Waals surface area contributed by atoms with E-state index in [1.54, 1.807) is 18.9 Å². The number of hydrogen-bond acceptors (Lipinski definition) is 5. The lowest BCUT2D eigenvalue weighted by atomic mass is 10.2. The van der Waals surface area contributed by atoms with Crippen LogP contribution in [0.4, 0.5) is 0 Å². The molecule has 0 atom stereocenters. The minimum absolute atomic E-state index is 0.345. The van der Waals surface area contributed by atoms with Crippen molar-refractivity contribution < 1.29 is 9.47 Å². The van der Waals surface area contributed by atoms with Crippen molar-refractivity contribution in [1.29, 1.82) is 0 Å². The molecule has 2 rings (SSSR count). The number of methoxy groups -OCH3 is 1. The zero-order chi connectivity index (χ0) is 17.4. The van der Waals surface area contributed by atoms with E-state index in [9.17, 15) is 0 Å². The summed E-state index contributed by atoms with van der Waals surface area (Å²) < 4.78 is 13.2. The molecule has 0 bridgehead atoms. The first kappa shape index (κ1) is 19.1. The van der Waals surface area contributed by atoms with Gasteiger partial charge in [-0.25, -0.2) is 0 Å². The lowest BCUT2D eigenvalue weighted by Gasteiger charge is -2.19. The smallest absolute Gasteiger partial charge is 0.191 e. The molecular formula is C17H24ClN3O2S. The van der Waals surface area contributed by atoms with Crippen LogP contribution >= 0.6 is 23.4 Å². The average Bonchev–Trinajstić information content (AvgIpc) is 2.99. The van der Waals surface area contributed by atoms with Crippen LogP contribution in [0.5, 0.6) is 5.75 Å². The van der Waals surface area contributed by atoms with Crippen LogP contribution in [0.3, 0.4) is 0 Å². The molecule has 0 fully saturated rings. The van der Waals surface area contributed by atoms with Crippen LogP contribution < -0.4 is 4.74 Å². The molecule has 0 N–H and O–H groups in total. The minimum atomic E-state index is 0.345. The highest BCUT2D eigenvalue weighted by atomic mass is 35.5. The zero-order valence-electron chi connectivity index (χ0n) is 14.4. The summed E-state index contributed by atoms with van der Waals surface area (Å²) in [5, 5.41) is 10.2. The Kier molecular flexibility index (Phi) is 7.88. The molecule has 7 heteroatoms. The van der Waals surface area contributed by atoms with E-state index in [-0.39, 0.29) is 0 Å². The van der Waals surface area contributed by atoms with E-state index in [4.69, 9.17) is 21.1 Å². The fourth-order valence-electron chi connectivity index (χ4n) is 2.45. The van der Waals surface area contributed by atoms with Gasteiger partial charge in [-0.2, -0.15) is 0 Å². The Labute approximate surface area is 152 Å². The third kappa shape index (κ3) is 4.88. The Morgan fingerprint density at radius 3 is 2.62 bits per heavy atom. The monoisotopic (exact) mass is 369 g/mol. The molecule has 1 heterocycles. The Morgan fingerprint density at radius 2 is 1.96 bits per heavy atom. The molecule has 0 radical (unpaired) electrons. The SMILES string of the molecule is CCC(CC)n1c(COc2ccccc2Cl)nnc1SCCOC. The average molecular weight is 370 g/mol. The van der Waals surface area contributed by atoms with Crippen molar-refractivity contribution in [2.24, 2.45) is 0 Å². The molecular weight excluding hydrogens is 346 g/mol. The van der Waals surface area contributed by atoms with Gasteiger partial charge in [0.25, 0.3) is 0 Å². The lowest BCUT2D eigenvalue weighted by Crippen LogP contribution is -2.14. The van der Waals surface area contributed by atoms with Crippen molar-refractivity contribution in [3.05, 3.63) is 35.1 Å². The summed E-state index contributed by atoms with van der Waals surface area (Å²) >= 11 is 7.81. The molecule has 1 aromatic carbocycles. The van der Waals surface area contributed by atoms with Gasteiger partial charge in [0.15, 0.2) is 11.0 Å². The van der Waals surface area contributed by atoms with Gasteiger partial charge < -0.3 is 14.0 Å². The molecule has 5 nitrogen and oxygen atoms in total. The second-order valence-electron chi connectivity index (χ2n) is 5.30. The number of rotatable bonds is 10. The van der Waals surface area contributed by atoms with Crippen molar-refractivity contribution in [3.8, 4) is 5.75 Å². The second kappa shape index (κ2) is 9.91. The first-order chi connectivity index (χ1) is 11.7. The third-order valence-electron chi connectivity index (χ3n) is 3.75. The second-order valence-corrected chi connectivity index (χ2v) is 6.77. The fraction of sp³-hybridized carbons (Fsp3) is 0.529. The van der Waals surface area contributed by atoms with Gasteiger partial charge in [0, 0.05) is 18.9 Å². The number of nitrogens with zero attached hydrogens (tertiary/aromatic N) is 3. The van der Waals surface area contributed by atoms with E-state index in [1.165, 1.54) is 0 Å². The zero-order valence-corrected chi connectivity index (χ0v) is 15.9. The number of ether oxygens (including phenoxy) is 2. The predicted molar refractivity (Wildman–Crippen MR) is 98.0 cm³/mol. The molecule has 132 valence electrons.